The first-order valence-electron chi connectivity index (χ1n) is 6.04. The highest BCUT2D eigenvalue weighted by molar-refractivity contribution is 5.18. The SMILES string of the molecule is CCc1nnc(CN[C@H](CO)c2ccccc2)o1. The summed E-state index contributed by atoms with van der Waals surface area (Å²) in [6.45, 7) is 2.44. The van der Waals surface area contributed by atoms with Gasteiger partial charge in [-0.1, -0.05) is 37.3 Å². The van der Waals surface area contributed by atoms with Crippen LogP contribution in [0.4, 0.5) is 0 Å². The Morgan fingerprint density at radius 1 is 1.22 bits per heavy atom. The van der Waals surface area contributed by atoms with Crippen LogP contribution in [-0.2, 0) is 13.0 Å². The zero-order valence-electron chi connectivity index (χ0n) is 10.3. The Morgan fingerprint density at radius 2 is 1.94 bits per heavy atom. The molecule has 2 rings (SSSR count). The number of aliphatic hydroxyl groups excluding tert-OH is 1. The highest BCUT2D eigenvalue weighted by Crippen LogP contribution is 2.12. The zero-order chi connectivity index (χ0) is 12.8. The van der Waals surface area contributed by atoms with Gasteiger partial charge in [-0.15, -0.1) is 10.2 Å². The van der Waals surface area contributed by atoms with Gasteiger partial charge in [-0.05, 0) is 5.56 Å². The monoisotopic (exact) mass is 247 g/mol. The second-order valence-corrected chi connectivity index (χ2v) is 3.97. The molecule has 0 spiro atoms. The molecule has 0 amide bonds. The largest absolute Gasteiger partial charge is 0.424 e. The molecule has 0 bridgehead atoms. The maximum Gasteiger partial charge on any atom is 0.230 e. The maximum absolute atomic E-state index is 9.38. The van der Waals surface area contributed by atoms with Crippen molar-refractivity contribution in [1.82, 2.24) is 15.5 Å². The van der Waals surface area contributed by atoms with Crippen molar-refractivity contribution in [2.75, 3.05) is 6.61 Å². The summed E-state index contributed by atoms with van der Waals surface area (Å²) in [6, 6.07) is 9.66. The first-order valence-corrected chi connectivity index (χ1v) is 6.04. The lowest BCUT2D eigenvalue weighted by Crippen LogP contribution is -2.24. The molecule has 0 saturated heterocycles. The molecule has 5 nitrogen and oxygen atoms in total. The minimum absolute atomic E-state index is 0.0266. The van der Waals surface area contributed by atoms with Crippen molar-refractivity contribution < 1.29 is 9.52 Å². The molecule has 0 fully saturated rings. The number of hydrogen-bond donors (Lipinski definition) is 2. The van der Waals surface area contributed by atoms with Crippen LogP contribution in [0.2, 0.25) is 0 Å². The van der Waals surface area contributed by atoms with Gasteiger partial charge in [-0.25, -0.2) is 0 Å². The predicted octanol–water partition coefficient (Wildman–Crippen LogP) is 1.46. The van der Waals surface area contributed by atoms with Crippen LogP contribution < -0.4 is 5.32 Å². The molecule has 1 aromatic heterocycles. The molecule has 2 aromatic rings. The number of nitrogens with zero attached hydrogens (tertiary/aromatic N) is 2. The molecule has 0 saturated carbocycles. The molecule has 18 heavy (non-hydrogen) atoms. The third-order valence-electron chi connectivity index (χ3n) is 2.70. The van der Waals surface area contributed by atoms with Gasteiger partial charge in [0.25, 0.3) is 0 Å². The summed E-state index contributed by atoms with van der Waals surface area (Å²) in [6.07, 6.45) is 0.731. The maximum atomic E-state index is 9.38. The van der Waals surface area contributed by atoms with Gasteiger partial charge in [0.2, 0.25) is 11.8 Å². The van der Waals surface area contributed by atoms with Crippen molar-refractivity contribution in [2.24, 2.45) is 0 Å². The van der Waals surface area contributed by atoms with Gasteiger partial charge in [0.1, 0.15) is 0 Å². The third-order valence-corrected chi connectivity index (χ3v) is 2.70. The summed E-state index contributed by atoms with van der Waals surface area (Å²) in [5.41, 5.74) is 1.04. The van der Waals surface area contributed by atoms with Crippen molar-refractivity contribution in [1.29, 1.82) is 0 Å². The molecule has 1 heterocycles. The Morgan fingerprint density at radius 3 is 2.56 bits per heavy atom. The quantitative estimate of drug-likeness (QED) is 0.808. The van der Waals surface area contributed by atoms with Gasteiger partial charge in [-0.3, -0.25) is 5.32 Å². The van der Waals surface area contributed by atoms with Gasteiger partial charge < -0.3 is 9.52 Å². The molecule has 1 atom stereocenters. The Kier molecular flexibility index (Phi) is 4.44. The molecule has 0 aliphatic carbocycles. The van der Waals surface area contributed by atoms with Crippen LogP contribution in [0.15, 0.2) is 34.7 Å². The fourth-order valence-electron chi connectivity index (χ4n) is 1.69. The molecule has 0 radical (unpaired) electrons. The first-order chi connectivity index (χ1) is 8.83. The molecular formula is C13H17N3O2. The highest BCUT2D eigenvalue weighted by atomic mass is 16.4. The summed E-state index contributed by atoms with van der Waals surface area (Å²) < 4.78 is 5.40. The van der Waals surface area contributed by atoms with Crippen LogP contribution in [0, 0.1) is 0 Å². The Hall–Kier alpha value is -1.72. The van der Waals surface area contributed by atoms with Crippen molar-refractivity contribution in [3.63, 3.8) is 0 Å². The van der Waals surface area contributed by atoms with E-state index >= 15 is 0 Å². The van der Waals surface area contributed by atoms with E-state index in [4.69, 9.17) is 4.42 Å². The van der Waals surface area contributed by atoms with E-state index < -0.39 is 0 Å². The van der Waals surface area contributed by atoms with Gasteiger partial charge in [0, 0.05) is 6.42 Å². The molecule has 0 aliphatic heterocycles. The Labute approximate surface area is 106 Å². The highest BCUT2D eigenvalue weighted by Gasteiger charge is 2.11. The van der Waals surface area contributed by atoms with Gasteiger partial charge in [-0.2, -0.15) is 0 Å². The number of hydrogen-bond acceptors (Lipinski definition) is 5. The van der Waals surface area contributed by atoms with Gasteiger partial charge in [0.15, 0.2) is 0 Å². The van der Waals surface area contributed by atoms with E-state index in [0.717, 1.165) is 12.0 Å². The number of aromatic nitrogens is 2. The summed E-state index contributed by atoms with van der Waals surface area (Å²) in [5.74, 6) is 1.17. The summed E-state index contributed by atoms with van der Waals surface area (Å²) >= 11 is 0. The lowest BCUT2D eigenvalue weighted by molar-refractivity contribution is 0.240. The second kappa shape index (κ2) is 6.28. The lowest BCUT2D eigenvalue weighted by Gasteiger charge is -2.15. The van der Waals surface area contributed by atoms with Crippen LogP contribution in [0.5, 0.6) is 0 Å². The minimum Gasteiger partial charge on any atom is -0.424 e. The topological polar surface area (TPSA) is 71.2 Å². The van der Waals surface area contributed by atoms with Gasteiger partial charge in [0.05, 0.1) is 19.2 Å². The number of rotatable bonds is 6. The van der Waals surface area contributed by atoms with E-state index in [-0.39, 0.29) is 12.6 Å². The Bertz CT molecular complexity index is 470. The van der Waals surface area contributed by atoms with E-state index in [0.29, 0.717) is 18.3 Å². The number of aliphatic hydroxyl groups is 1. The summed E-state index contributed by atoms with van der Waals surface area (Å²) in [4.78, 5) is 0. The second-order valence-electron chi connectivity index (χ2n) is 3.97. The molecular weight excluding hydrogens is 230 g/mol. The van der Waals surface area contributed by atoms with E-state index in [2.05, 4.69) is 15.5 Å². The van der Waals surface area contributed by atoms with Crippen LogP contribution >= 0.6 is 0 Å². The number of nitrogens with one attached hydrogen (secondary N) is 1. The van der Waals surface area contributed by atoms with Crippen LogP contribution in [0.1, 0.15) is 30.3 Å². The number of benzene rings is 1. The standard InChI is InChI=1S/C13H17N3O2/c1-2-12-15-16-13(18-12)8-14-11(9-17)10-6-4-3-5-7-10/h3-7,11,14,17H,2,8-9H2,1H3/t11-/m1/s1. The molecule has 5 heteroatoms. The van der Waals surface area contributed by atoms with Crippen molar-refractivity contribution >= 4 is 0 Å². The van der Waals surface area contributed by atoms with E-state index in [1.54, 1.807) is 0 Å². The first kappa shape index (κ1) is 12.7. The number of aryl methyl sites for hydroxylation is 1. The van der Waals surface area contributed by atoms with Crippen molar-refractivity contribution in [2.45, 2.75) is 25.9 Å². The summed E-state index contributed by atoms with van der Waals surface area (Å²) in [7, 11) is 0. The molecule has 0 unspecified atom stereocenters. The van der Waals surface area contributed by atoms with Crippen LogP contribution in [0.25, 0.3) is 0 Å². The average molecular weight is 247 g/mol. The predicted molar refractivity (Wildman–Crippen MR) is 66.8 cm³/mol. The summed E-state index contributed by atoms with van der Waals surface area (Å²) in [5, 5.41) is 20.4. The third kappa shape index (κ3) is 3.15. The molecule has 1 aromatic carbocycles. The van der Waals surface area contributed by atoms with Crippen molar-refractivity contribution in [3.8, 4) is 0 Å². The molecule has 96 valence electrons. The van der Waals surface area contributed by atoms with Gasteiger partial charge >= 0.3 is 0 Å². The minimum atomic E-state index is -0.122. The van der Waals surface area contributed by atoms with E-state index in [1.165, 1.54) is 0 Å². The molecule has 0 aliphatic rings. The van der Waals surface area contributed by atoms with E-state index in [9.17, 15) is 5.11 Å². The molecule has 2 N–H and O–H groups in total. The lowest BCUT2D eigenvalue weighted by atomic mass is 10.1. The van der Waals surface area contributed by atoms with Crippen LogP contribution in [0.3, 0.4) is 0 Å². The normalized spacial score (nSPS) is 12.6. The van der Waals surface area contributed by atoms with Crippen molar-refractivity contribution in [3.05, 3.63) is 47.7 Å². The van der Waals surface area contributed by atoms with Crippen LogP contribution in [-0.4, -0.2) is 21.9 Å². The average Bonchev–Trinajstić information content (AvgIpc) is 2.89. The fraction of sp³-hybridized carbons (Fsp3) is 0.385. The Balaban J connectivity index is 1.95. The fourth-order valence-corrected chi connectivity index (χ4v) is 1.69. The van der Waals surface area contributed by atoms with E-state index in [1.807, 2.05) is 37.3 Å². The smallest absolute Gasteiger partial charge is 0.230 e. The zero-order valence-corrected chi connectivity index (χ0v) is 10.3.